The van der Waals surface area contributed by atoms with Crippen molar-refractivity contribution in [3.63, 3.8) is 0 Å². The van der Waals surface area contributed by atoms with Gasteiger partial charge < -0.3 is 9.84 Å². The predicted molar refractivity (Wildman–Crippen MR) is 118 cm³/mol. The lowest BCUT2D eigenvalue weighted by Gasteiger charge is -2.36. The van der Waals surface area contributed by atoms with Gasteiger partial charge in [0, 0.05) is 19.1 Å². The van der Waals surface area contributed by atoms with Gasteiger partial charge in [-0.2, -0.15) is 0 Å². The topological polar surface area (TPSA) is 32.7 Å². The highest BCUT2D eigenvalue weighted by molar-refractivity contribution is 5.32. The first-order chi connectivity index (χ1) is 14.2. The molecule has 1 aliphatic heterocycles. The summed E-state index contributed by atoms with van der Waals surface area (Å²) < 4.78 is 5.95. The Labute approximate surface area is 175 Å². The van der Waals surface area contributed by atoms with Crippen molar-refractivity contribution in [2.45, 2.75) is 64.0 Å². The molecule has 1 saturated carbocycles. The van der Waals surface area contributed by atoms with E-state index >= 15 is 0 Å². The molecule has 156 valence electrons. The maximum absolute atomic E-state index is 10.6. The predicted octanol–water partition coefficient (Wildman–Crippen LogP) is 5.17. The van der Waals surface area contributed by atoms with Gasteiger partial charge in [0.05, 0.1) is 0 Å². The molecule has 0 amide bonds. The molecule has 4 rings (SSSR count). The average Bonchev–Trinajstić information content (AvgIpc) is 3.27. The molecule has 2 aromatic rings. The van der Waals surface area contributed by atoms with Crippen LogP contribution < -0.4 is 4.74 Å². The molecule has 2 aromatic carbocycles. The van der Waals surface area contributed by atoms with Crippen molar-refractivity contribution in [1.82, 2.24) is 4.90 Å². The van der Waals surface area contributed by atoms with Gasteiger partial charge >= 0.3 is 0 Å². The Hall–Kier alpha value is -1.84. The zero-order chi connectivity index (χ0) is 20.1. The van der Waals surface area contributed by atoms with Gasteiger partial charge in [-0.3, -0.25) is 4.90 Å². The average molecular weight is 394 g/mol. The van der Waals surface area contributed by atoms with E-state index in [0.29, 0.717) is 19.2 Å². The van der Waals surface area contributed by atoms with Gasteiger partial charge in [-0.25, -0.2) is 0 Å². The largest absolute Gasteiger partial charge is 0.491 e. The zero-order valence-electron chi connectivity index (χ0n) is 17.7. The van der Waals surface area contributed by atoms with Gasteiger partial charge in [-0.05, 0) is 60.9 Å². The highest BCUT2D eigenvalue weighted by Crippen LogP contribution is 2.30. The number of rotatable bonds is 8. The Balaban J connectivity index is 1.25. The number of aliphatic hydroxyl groups excluding tert-OH is 1. The number of aryl methyl sites for hydroxylation is 1. The van der Waals surface area contributed by atoms with Crippen LogP contribution in [0, 0.1) is 5.92 Å². The highest BCUT2D eigenvalue weighted by Gasteiger charge is 2.25. The Bertz CT molecular complexity index is 784. The number of hydrogen-bond acceptors (Lipinski definition) is 3. The maximum atomic E-state index is 10.6. The SMILES string of the molecule is CC1c2ccccc2CCN1CC(O)COc1cccc(CCC2CCCC2)c1. The molecule has 3 nitrogen and oxygen atoms in total. The molecule has 3 heteroatoms. The second-order valence-corrected chi connectivity index (χ2v) is 8.92. The molecule has 0 saturated heterocycles. The van der Waals surface area contributed by atoms with E-state index in [2.05, 4.69) is 54.3 Å². The first-order valence-corrected chi connectivity index (χ1v) is 11.4. The van der Waals surface area contributed by atoms with E-state index in [0.717, 1.165) is 31.1 Å². The summed E-state index contributed by atoms with van der Waals surface area (Å²) in [5.74, 6) is 1.79. The molecule has 0 radical (unpaired) electrons. The Morgan fingerprint density at radius 3 is 2.79 bits per heavy atom. The molecule has 2 unspecified atom stereocenters. The number of benzene rings is 2. The fourth-order valence-corrected chi connectivity index (χ4v) is 5.05. The third-order valence-electron chi connectivity index (χ3n) is 6.82. The van der Waals surface area contributed by atoms with Crippen LogP contribution in [0.1, 0.15) is 61.8 Å². The van der Waals surface area contributed by atoms with Crippen molar-refractivity contribution in [1.29, 1.82) is 0 Å². The molecule has 2 aliphatic rings. The quantitative estimate of drug-likeness (QED) is 0.672. The Morgan fingerprint density at radius 1 is 1.10 bits per heavy atom. The van der Waals surface area contributed by atoms with Crippen molar-refractivity contribution in [3.8, 4) is 5.75 Å². The lowest BCUT2D eigenvalue weighted by molar-refractivity contribution is 0.0518. The smallest absolute Gasteiger partial charge is 0.119 e. The van der Waals surface area contributed by atoms with E-state index in [-0.39, 0.29) is 0 Å². The third-order valence-corrected chi connectivity index (χ3v) is 6.82. The molecule has 29 heavy (non-hydrogen) atoms. The normalized spacial score (nSPS) is 21.1. The highest BCUT2D eigenvalue weighted by atomic mass is 16.5. The molecule has 1 heterocycles. The molecular formula is C26H35NO2. The first kappa shape index (κ1) is 20.4. The van der Waals surface area contributed by atoms with Crippen LogP contribution in [-0.4, -0.2) is 35.8 Å². The van der Waals surface area contributed by atoms with E-state index in [1.54, 1.807) is 0 Å². The molecule has 2 atom stereocenters. The van der Waals surface area contributed by atoms with Gasteiger partial charge in [-0.15, -0.1) is 0 Å². The second kappa shape index (κ2) is 9.77. The van der Waals surface area contributed by atoms with Crippen molar-refractivity contribution in [3.05, 3.63) is 65.2 Å². The van der Waals surface area contributed by atoms with Crippen LogP contribution >= 0.6 is 0 Å². The number of fused-ring (bicyclic) bond motifs is 1. The summed E-state index contributed by atoms with van der Waals surface area (Å²) in [6, 6.07) is 17.4. The molecule has 1 N–H and O–H groups in total. The van der Waals surface area contributed by atoms with Crippen LogP contribution in [0.25, 0.3) is 0 Å². The van der Waals surface area contributed by atoms with Crippen LogP contribution in [0.2, 0.25) is 0 Å². The zero-order valence-corrected chi connectivity index (χ0v) is 17.7. The summed E-state index contributed by atoms with van der Waals surface area (Å²) in [6.07, 6.45) is 8.63. The minimum absolute atomic E-state index is 0.341. The number of β-amino-alcohol motifs (C(OH)–C–C–N with tert-alkyl or cyclic N) is 1. The van der Waals surface area contributed by atoms with Gasteiger partial charge in [0.15, 0.2) is 0 Å². The summed E-state index contributed by atoms with van der Waals surface area (Å²) in [6.45, 7) is 4.22. The summed E-state index contributed by atoms with van der Waals surface area (Å²) in [5, 5.41) is 10.6. The molecular weight excluding hydrogens is 358 g/mol. The fourth-order valence-electron chi connectivity index (χ4n) is 5.05. The van der Waals surface area contributed by atoms with Crippen molar-refractivity contribution >= 4 is 0 Å². The maximum Gasteiger partial charge on any atom is 0.119 e. The Morgan fingerprint density at radius 2 is 1.93 bits per heavy atom. The van der Waals surface area contributed by atoms with Crippen molar-refractivity contribution < 1.29 is 9.84 Å². The second-order valence-electron chi connectivity index (χ2n) is 8.92. The molecule has 1 fully saturated rings. The first-order valence-electron chi connectivity index (χ1n) is 11.4. The van der Waals surface area contributed by atoms with Crippen molar-refractivity contribution in [2.24, 2.45) is 5.92 Å². The van der Waals surface area contributed by atoms with E-state index in [1.807, 2.05) is 6.07 Å². The van der Waals surface area contributed by atoms with Crippen molar-refractivity contribution in [2.75, 3.05) is 19.7 Å². The molecule has 0 aromatic heterocycles. The Kier molecular flexibility index (Phi) is 6.89. The summed E-state index contributed by atoms with van der Waals surface area (Å²) in [7, 11) is 0. The van der Waals surface area contributed by atoms with Crippen LogP contribution in [0.4, 0.5) is 0 Å². The third kappa shape index (κ3) is 5.40. The molecule has 1 aliphatic carbocycles. The summed E-state index contributed by atoms with van der Waals surface area (Å²) in [4.78, 5) is 2.37. The number of nitrogens with zero attached hydrogens (tertiary/aromatic N) is 1. The minimum atomic E-state index is -0.482. The van der Waals surface area contributed by atoms with E-state index < -0.39 is 6.10 Å². The summed E-state index contributed by atoms with van der Waals surface area (Å²) >= 11 is 0. The monoisotopic (exact) mass is 393 g/mol. The van der Waals surface area contributed by atoms with Gasteiger partial charge in [0.2, 0.25) is 0 Å². The van der Waals surface area contributed by atoms with Gasteiger partial charge in [0.25, 0.3) is 0 Å². The van der Waals surface area contributed by atoms with Crippen LogP contribution in [0.15, 0.2) is 48.5 Å². The lowest BCUT2D eigenvalue weighted by atomic mass is 9.93. The number of ether oxygens (including phenoxy) is 1. The van der Waals surface area contributed by atoms with Crippen LogP contribution in [0.3, 0.4) is 0 Å². The van der Waals surface area contributed by atoms with E-state index in [9.17, 15) is 5.11 Å². The van der Waals surface area contributed by atoms with Crippen LogP contribution in [-0.2, 0) is 12.8 Å². The summed E-state index contributed by atoms with van der Waals surface area (Å²) in [5.41, 5.74) is 4.18. The van der Waals surface area contributed by atoms with E-state index in [4.69, 9.17) is 4.74 Å². The fraction of sp³-hybridized carbons (Fsp3) is 0.538. The van der Waals surface area contributed by atoms with Crippen LogP contribution in [0.5, 0.6) is 5.75 Å². The number of hydrogen-bond donors (Lipinski definition) is 1. The molecule has 0 spiro atoms. The molecule has 0 bridgehead atoms. The van der Waals surface area contributed by atoms with Gasteiger partial charge in [-0.1, -0.05) is 62.1 Å². The lowest BCUT2D eigenvalue weighted by Crippen LogP contribution is -2.41. The number of aliphatic hydroxyl groups is 1. The van der Waals surface area contributed by atoms with E-state index in [1.165, 1.54) is 48.8 Å². The van der Waals surface area contributed by atoms with Gasteiger partial charge in [0.1, 0.15) is 18.5 Å². The standard InChI is InChI=1S/C26H35NO2/c1-20-26-12-5-4-10-23(26)15-16-27(20)18-24(28)19-29-25-11-6-9-22(17-25)14-13-21-7-2-3-8-21/h4-6,9-12,17,20-21,24,28H,2-3,7-8,13-16,18-19H2,1H3. The minimum Gasteiger partial charge on any atom is -0.491 e.